The summed E-state index contributed by atoms with van der Waals surface area (Å²) in [5.74, 6) is 0.669. The van der Waals surface area contributed by atoms with Crippen LogP contribution in [0.1, 0.15) is 28.3 Å². The van der Waals surface area contributed by atoms with E-state index in [1.54, 1.807) is 7.11 Å². The van der Waals surface area contributed by atoms with Crippen LogP contribution < -0.4 is 15.4 Å². The largest absolute Gasteiger partial charge is 0.497 e. The third-order valence-electron chi connectivity index (χ3n) is 4.86. The maximum absolute atomic E-state index is 12.7. The molecule has 1 aliphatic heterocycles. The predicted octanol–water partition coefficient (Wildman–Crippen LogP) is 2.23. The Hall–Kier alpha value is -2.51. The summed E-state index contributed by atoms with van der Waals surface area (Å²) in [6.07, 6.45) is 1.07. The van der Waals surface area contributed by atoms with Gasteiger partial charge in [-0.05, 0) is 37.2 Å². The second-order valence-electron chi connectivity index (χ2n) is 6.58. The minimum absolute atomic E-state index is 0. The molecule has 4 rings (SSSR count). The third kappa shape index (κ3) is 3.79. The second-order valence-corrected chi connectivity index (χ2v) is 6.58. The molecule has 0 fully saturated rings. The SMILES string of the molecule is COc1ccc2cc(C(=O)NCc3cc4n(n3)CCCNC4)n(C)c2c1.Cl. The van der Waals surface area contributed by atoms with Crippen LogP contribution in [-0.4, -0.2) is 33.9 Å². The molecule has 2 N–H and O–H groups in total. The number of rotatable bonds is 4. The van der Waals surface area contributed by atoms with Gasteiger partial charge in [0.15, 0.2) is 0 Å². The van der Waals surface area contributed by atoms with Gasteiger partial charge in [-0.15, -0.1) is 12.4 Å². The van der Waals surface area contributed by atoms with Crippen molar-refractivity contribution in [1.29, 1.82) is 0 Å². The number of hydrogen-bond donors (Lipinski definition) is 2. The van der Waals surface area contributed by atoms with Crippen LogP contribution in [0, 0.1) is 0 Å². The van der Waals surface area contributed by atoms with Gasteiger partial charge >= 0.3 is 0 Å². The van der Waals surface area contributed by atoms with Crippen LogP contribution in [-0.2, 0) is 26.7 Å². The van der Waals surface area contributed by atoms with E-state index in [1.807, 2.05) is 40.6 Å². The molecule has 8 heteroatoms. The number of aromatic nitrogens is 3. The first-order valence-corrected chi connectivity index (χ1v) is 8.83. The minimum atomic E-state index is -0.107. The molecule has 1 amide bonds. The monoisotopic (exact) mass is 389 g/mol. The Kier molecular flexibility index (Phi) is 5.72. The first-order chi connectivity index (χ1) is 12.7. The number of carbonyl (C=O) groups excluding carboxylic acids is 1. The van der Waals surface area contributed by atoms with Crippen LogP contribution in [0.4, 0.5) is 0 Å². The van der Waals surface area contributed by atoms with Gasteiger partial charge in [-0.1, -0.05) is 0 Å². The Morgan fingerprint density at radius 3 is 3.00 bits per heavy atom. The number of methoxy groups -OCH3 is 1. The zero-order chi connectivity index (χ0) is 18.1. The van der Waals surface area contributed by atoms with Crippen molar-refractivity contribution in [3.63, 3.8) is 0 Å². The summed E-state index contributed by atoms with van der Waals surface area (Å²) in [6.45, 7) is 3.18. The Morgan fingerprint density at radius 1 is 1.33 bits per heavy atom. The van der Waals surface area contributed by atoms with E-state index in [0.29, 0.717) is 12.2 Å². The van der Waals surface area contributed by atoms with E-state index in [4.69, 9.17) is 4.74 Å². The fraction of sp³-hybridized carbons (Fsp3) is 0.368. The van der Waals surface area contributed by atoms with Crippen molar-refractivity contribution in [1.82, 2.24) is 25.0 Å². The normalized spacial score (nSPS) is 13.6. The zero-order valence-electron chi connectivity index (χ0n) is 15.5. The van der Waals surface area contributed by atoms with Gasteiger partial charge in [-0.3, -0.25) is 9.48 Å². The molecular weight excluding hydrogens is 366 g/mol. The van der Waals surface area contributed by atoms with Crippen molar-refractivity contribution < 1.29 is 9.53 Å². The van der Waals surface area contributed by atoms with E-state index >= 15 is 0 Å². The molecule has 0 radical (unpaired) electrons. The summed E-state index contributed by atoms with van der Waals surface area (Å²) in [6, 6.07) is 9.76. The topological polar surface area (TPSA) is 73.1 Å². The molecule has 0 saturated heterocycles. The smallest absolute Gasteiger partial charge is 0.268 e. The summed E-state index contributed by atoms with van der Waals surface area (Å²) in [5.41, 5.74) is 3.64. The number of halogens is 1. The number of hydrogen-bond acceptors (Lipinski definition) is 4. The zero-order valence-corrected chi connectivity index (χ0v) is 16.3. The molecule has 144 valence electrons. The summed E-state index contributed by atoms with van der Waals surface area (Å²) in [5, 5.41) is 12.0. The van der Waals surface area contributed by atoms with Crippen LogP contribution in [0.25, 0.3) is 10.9 Å². The van der Waals surface area contributed by atoms with Crippen LogP contribution in [0.3, 0.4) is 0 Å². The van der Waals surface area contributed by atoms with E-state index in [-0.39, 0.29) is 18.3 Å². The molecular formula is C19H24ClN5O2. The van der Waals surface area contributed by atoms with Gasteiger partial charge in [-0.2, -0.15) is 5.10 Å². The van der Waals surface area contributed by atoms with E-state index < -0.39 is 0 Å². The van der Waals surface area contributed by atoms with Gasteiger partial charge in [0, 0.05) is 31.6 Å². The molecule has 0 aliphatic carbocycles. The maximum atomic E-state index is 12.7. The van der Waals surface area contributed by atoms with Gasteiger partial charge in [0.25, 0.3) is 5.91 Å². The van der Waals surface area contributed by atoms with Crippen molar-refractivity contribution in [3.8, 4) is 5.75 Å². The Morgan fingerprint density at radius 2 is 2.19 bits per heavy atom. The number of benzene rings is 1. The summed E-state index contributed by atoms with van der Waals surface area (Å²) < 4.78 is 9.19. The standard InChI is InChI=1S/C19H23N5O2.ClH/c1-23-17-10-16(26-2)5-4-13(17)8-18(23)19(25)21-11-14-9-15-12-20-6-3-7-24(15)22-14;/h4-5,8-10,20H,3,6-7,11-12H2,1-2H3,(H,21,25);1H. The molecule has 0 unspecified atom stereocenters. The number of ether oxygens (including phenoxy) is 1. The van der Waals surface area contributed by atoms with Crippen molar-refractivity contribution in [2.45, 2.75) is 26.1 Å². The third-order valence-corrected chi connectivity index (χ3v) is 4.86. The van der Waals surface area contributed by atoms with Crippen LogP contribution >= 0.6 is 12.4 Å². The van der Waals surface area contributed by atoms with Crippen molar-refractivity contribution in [2.75, 3.05) is 13.7 Å². The molecule has 1 aromatic carbocycles. The molecule has 3 aromatic rings. The second kappa shape index (κ2) is 8.02. The number of nitrogens with zero attached hydrogens (tertiary/aromatic N) is 3. The van der Waals surface area contributed by atoms with Crippen molar-refractivity contribution >= 4 is 29.2 Å². The lowest BCUT2D eigenvalue weighted by molar-refractivity contribution is 0.0942. The highest BCUT2D eigenvalue weighted by Gasteiger charge is 2.15. The fourth-order valence-corrected chi connectivity index (χ4v) is 3.42. The minimum Gasteiger partial charge on any atom is -0.497 e. The van der Waals surface area contributed by atoms with Crippen molar-refractivity contribution in [2.24, 2.45) is 7.05 Å². The number of carbonyl (C=O) groups is 1. The first-order valence-electron chi connectivity index (χ1n) is 8.83. The van der Waals surface area contributed by atoms with Crippen LogP contribution in [0.5, 0.6) is 5.75 Å². The van der Waals surface area contributed by atoms with Gasteiger partial charge in [-0.25, -0.2) is 0 Å². The maximum Gasteiger partial charge on any atom is 0.268 e. The highest BCUT2D eigenvalue weighted by molar-refractivity contribution is 5.98. The van der Waals surface area contributed by atoms with Gasteiger partial charge < -0.3 is 19.9 Å². The lowest BCUT2D eigenvalue weighted by Gasteiger charge is -2.06. The fourth-order valence-electron chi connectivity index (χ4n) is 3.42. The van der Waals surface area contributed by atoms with Crippen LogP contribution in [0.2, 0.25) is 0 Å². The van der Waals surface area contributed by atoms with Gasteiger partial charge in [0.2, 0.25) is 0 Å². The quantitative estimate of drug-likeness (QED) is 0.717. The van der Waals surface area contributed by atoms with Crippen LogP contribution in [0.15, 0.2) is 30.3 Å². The summed E-state index contributed by atoms with van der Waals surface area (Å²) >= 11 is 0. The molecule has 1 aliphatic rings. The predicted molar refractivity (Wildman–Crippen MR) is 106 cm³/mol. The lowest BCUT2D eigenvalue weighted by Crippen LogP contribution is -2.25. The average molecular weight is 390 g/mol. The Labute approximate surface area is 164 Å². The van der Waals surface area contributed by atoms with Gasteiger partial charge in [0.1, 0.15) is 11.4 Å². The average Bonchev–Trinajstić information content (AvgIpc) is 3.12. The van der Waals surface area contributed by atoms with E-state index in [2.05, 4.69) is 21.8 Å². The number of fused-ring (bicyclic) bond motifs is 2. The molecule has 0 saturated carbocycles. The molecule has 27 heavy (non-hydrogen) atoms. The molecule has 2 aromatic heterocycles. The molecule has 0 bridgehead atoms. The summed E-state index contributed by atoms with van der Waals surface area (Å²) in [4.78, 5) is 12.7. The Balaban J connectivity index is 0.00000210. The number of amides is 1. The highest BCUT2D eigenvalue weighted by atomic mass is 35.5. The lowest BCUT2D eigenvalue weighted by atomic mass is 10.2. The number of aryl methyl sites for hydroxylation is 2. The van der Waals surface area contributed by atoms with E-state index in [1.165, 1.54) is 5.69 Å². The molecule has 3 heterocycles. The Bertz CT molecular complexity index is 939. The van der Waals surface area contributed by atoms with E-state index in [0.717, 1.165) is 48.4 Å². The molecule has 0 spiro atoms. The van der Waals surface area contributed by atoms with Crippen molar-refractivity contribution in [3.05, 3.63) is 47.4 Å². The first kappa shape index (κ1) is 19.3. The summed E-state index contributed by atoms with van der Waals surface area (Å²) in [7, 11) is 3.53. The van der Waals surface area contributed by atoms with E-state index in [9.17, 15) is 4.79 Å². The molecule has 7 nitrogen and oxygen atoms in total. The highest BCUT2D eigenvalue weighted by Crippen LogP contribution is 2.23. The van der Waals surface area contributed by atoms with Gasteiger partial charge in [0.05, 0.1) is 30.6 Å². The molecule has 0 atom stereocenters. The number of nitrogens with one attached hydrogen (secondary N) is 2.